The minimum atomic E-state index is 0.277. The summed E-state index contributed by atoms with van der Waals surface area (Å²) in [6, 6.07) is 8.15. The van der Waals surface area contributed by atoms with Gasteiger partial charge in [0.2, 0.25) is 0 Å². The van der Waals surface area contributed by atoms with Gasteiger partial charge in [0, 0.05) is 0 Å². The van der Waals surface area contributed by atoms with E-state index in [1.165, 1.54) is 16.4 Å². The van der Waals surface area contributed by atoms with Crippen molar-refractivity contribution in [2.75, 3.05) is 0 Å². The lowest BCUT2D eigenvalue weighted by atomic mass is 10.1. The first-order valence-electron chi connectivity index (χ1n) is 4.94. The number of hydrogen-bond acceptors (Lipinski definition) is 1. The van der Waals surface area contributed by atoms with Gasteiger partial charge in [-0.2, -0.15) is 0 Å². The fraction of sp³-hybridized carbons (Fsp3) is 0.333. The average Bonchev–Trinajstić information content (AvgIpc) is 2.23. The van der Waals surface area contributed by atoms with Gasteiger partial charge >= 0.3 is 0 Å². The van der Waals surface area contributed by atoms with Crippen LogP contribution >= 0.6 is 22.6 Å². The zero-order valence-corrected chi connectivity index (χ0v) is 10.1. The second-order valence-corrected chi connectivity index (χ2v) is 4.61. The Hall–Kier alpha value is -0.510. The maximum absolute atomic E-state index is 5.89. The standard InChI is InChI=1S/C12H13IO/c13-11-8-4-5-9-12(11)14-10-6-2-1-3-7-10/h2,4-6,8-10H,1,3,7H2. The molecule has 1 atom stereocenters. The molecule has 74 valence electrons. The molecule has 1 aliphatic carbocycles. The molecular formula is C12H13IO. The maximum atomic E-state index is 5.89. The minimum absolute atomic E-state index is 0.277. The van der Waals surface area contributed by atoms with Crippen molar-refractivity contribution in [3.8, 4) is 5.75 Å². The lowest BCUT2D eigenvalue weighted by molar-refractivity contribution is 0.228. The molecule has 1 unspecified atom stereocenters. The Bertz CT molecular complexity index is 333. The smallest absolute Gasteiger partial charge is 0.133 e. The first kappa shape index (κ1) is 10.0. The summed E-state index contributed by atoms with van der Waals surface area (Å²) in [4.78, 5) is 0. The summed E-state index contributed by atoms with van der Waals surface area (Å²) >= 11 is 2.31. The summed E-state index contributed by atoms with van der Waals surface area (Å²) in [5.41, 5.74) is 0. The molecule has 1 nitrogen and oxygen atoms in total. The Morgan fingerprint density at radius 3 is 2.86 bits per heavy atom. The van der Waals surface area contributed by atoms with Crippen molar-refractivity contribution in [3.05, 3.63) is 40.0 Å². The lowest BCUT2D eigenvalue weighted by Crippen LogP contribution is -2.16. The second kappa shape index (κ2) is 4.82. The van der Waals surface area contributed by atoms with Crippen molar-refractivity contribution in [2.45, 2.75) is 25.4 Å². The zero-order valence-electron chi connectivity index (χ0n) is 7.95. The lowest BCUT2D eigenvalue weighted by Gasteiger charge is -2.19. The zero-order chi connectivity index (χ0) is 9.80. The van der Waals surface area contributed by atoms with Crippen LogP contribution in [0.4, 0.5) is 0 Å². The van der Waals surface area contributed by atoms with Gasteiger partial charge < -0.3 is 4.74 Å². The van der Waals surface area contributed by atoms with Crippen LogP contribution < -0.4 is 4.74 Å². The number of allylic oxidation sites excluding steroid dienone is 1. The Kier molecular flexibility index (Phi) is 3.45. The highest BCUT2D eigenvalue weighted by Crippen LogP contribution is 2.23. The molecule has 2 rings (SSSR count). The van der Waals surface area contributed by atoms with Gasteiger partial charge in [-0.25, -0.2) is 0 Å². The Balaban J connectivity index is 2.06. The molecule has 1 aliphatic rings. The molecule has 0 bridgehead atoms. The van der Waals surface area contributed by atoms with Crippen LogP contribution in [0.2, 0.25) is 0 Å². The van der Waals surface area contributed by atoms with Crippen LogP contribution in [0.25, 0.3) is 0 Å². The van der Waals surface area contributed by atoms with Gasteiger partial charge in [-0.05, 0) is 60.1 Å². The molecule has 14 heavy (non-hydrogen) atoms. The van der Waals surface area contributed by atoms with Crippen molar-refractivity contribution < 1.29 is 4.74 Å². The van der Waals surface area contributed by atoms with E-state index in [2.05, 4.69) is 40.8 Å². The van der Waals surface area contributed by atoms with Gasteiger partial charge in [0.25, 0.3) is 0 Å². The summed E-state index contributed by atoms with van der Waals surface area (Å²) in [5.74, 6) is 1.00. The Labute approximate surface area is 98.3 Å². The summed E-state index contributed by atoms with van der Waals surface area (Å²) < 4.78 is 7.08. The van der Waals surface area contributed by atoms with Gasteiger partial charge in [-0.1, -0.05) is 18.2 Å². The van der Waals surface area contributed by atoms with E-state index in [-0.39, 0.29) is 6.10 Å². The topological polar surface area (TPSA) is 9.23 Å². The summed E-state index contributed by atoms with van der Waals surface area (Å²) in [7, 11) is 0. The molecule has 1 aromatic rings. The number of ether oxygens (including phenoxy) is 1. The van der Waals surface area contributed by atoms with Crippen molar-refractivity contribution in [2.24, 2.45) is 0 Å². The Morgan fingerprint density at radius 1 is 1.29 bits per heavy atom. The largest absolute Gasteiger partial charge is 0.485 e. The Morgan fingerprint density at radius 2 is 2.14 bits per heavy atom. The van der Waals surface area contributed by atoms with Gasteiger partial charge in [0.1, 0.15) is 11.9 Å². The predicted molar refractivity (Wildman–Crippen MR) is 66.6 cm³/mol. The number of benzene rings is 1. The van der Waals surface area contributed by atoms with Crippen LogP contribution in [0.1, 0.15) is 19.3 Å². The molecule has 0 radical (unpaired) electrons. The van der Waals surface area contributed by atoms with Crippen molar-refractivity contribution in [1.82, 2.24) is 0 Å². The number of rotatable bonds is 2. The normalized spacial score (nSPS) is 20.8. The summed E-state index contributed by atoms with van der Waals surface area (Å²) in [6.07, 6.45) is 8.24. The van der Waals surface area contributed by atoms with E-state index < -0.39 is 0 Å². The molecule has 2 heteroatoms. The molecule has 0 saturated carbocycles. The van der Waals surface area contributed by atoms with E-state index in [1.807, 2.05) is 18.2 Å². The van der Waals surface area contributed by atoms with E-state index in [9.17, 15) is 0 Å². The van der Waals surface area contributed by atoms with Crippen LogP contribution in [0.15, 0.2) is 36.4 Å². The monoisotopic (exact) mass is 300 g/mol. The average molecular weight is 300 g/mol. The fourth-order valence-corrected chi connectivity index (χ4v) is 2.10. The highest BCUT2D eigenvalue weighted by molar-refractivity contribution is 14.1. The van der Waals surface area contributed by atoms with Gasteiger partial charge in [-0.3, -0.25) is 0 Å². The summed E-state index contributed by atoms with van der Waals surface area (Å²) in [6.45, 7) is 0. The third-order valence-electron chi connectivity index (χ3n) is 2.33. The molecule has 0 aliphatic heterocycles. The molecule has 1 aromatic carbocycles. The van der Waals surface area contributed by atoms with E-state index in [4.69, 9.17) is 4.74 Å². The SMILES string of the molecule is Ic1ccccc1OC1C=CCCC1. The van der Waals surface area contributed by atoms with Crippen LogP contribution in [0, 0.1) is 3.57 Å². The molecule has 0 saturated heterocycles. The molecular weight excluding hydrogens is 287 g/mol. The first-order chi connectivity index (χ1) is 6.86. The van der Waals surface area contributed by atoms with E-state index >= 15 is 0 Å². The quantitative estimate of drug-likeness (QED) is 0.596. The van der Waals surface area contributed by atoms with Gasteiger partial charge in [-0.15, -0.1) is 0 Å². The molecule has 0 spiro atoms. The number of hydrogen-bond donors (Lipinski definition) is 0. The highest BCUT2D eigenvalue weighted by Gasteiger charge is 2.10. The van der Waals surface area contributed by atoms with E-state index in [1.54, 1.807) is 0 Å². The van der Waals surface area contributed by atoms with Crippen molar-refractivity contribution in [1.29, 1.82) is 0 Å². The second-order valence-electron chi connectivity index (χ2n) is 3.45. The first-order valence-corrected chi connectivity index (χ1v) is 6.02. The molecule has 0 amide bonds. The van der Waals surface area contributed by atoms with Crippen molar-refractivity contribution in [3.63, 3.8) is 0 Å². The van der Waals surface area contributed by atoms with Crippen LogP contribution in [0.3, 0.4) is 0 Å². The predicted octanol–water partition coefficient (Wildman–Crippen LogP) is 3.78. The summed E-state index contributed by atoms with van der Waals surface area (Å²) in [5, 5.41) is 0. The molecule has 0 fully saturated rings. The third-order valence-corrected chi connectivity index (χ3v) is 3.22. The van der Waals surface area contributed by atoms with Crippen LogP contribution in [0.5, 0.6) is 5.75 Å². The van der Waals surface area contributed by atoms with E-state index in [0.717, 1.165) is 12.2 Å². The maximum Gasteiger partial charge on any atom is 0.133 e. The molecule has 0 aromatic heterocycles. The van der Waals surface area contributed by atoms with E-state index in [0.29, 0.717) is 0 Å². The van der Waals surface area contributed by atoms with Gasteiger partial charge in [0.05, 0.1) is 3.57 Å². The molecule has 0 N–H and O–H groups in total. The molecule has 0 heterocycles. The van der Waals surface area contributed by atoms with Crippen LogP contribution in [-0.4, -0.2) is 6.10 Å². The van der Waals surface area contributed by atoms with Gasteiger partial charge in [0.15, 0.2) is 0 Å². The van der Waals surface area contributed by atoms with Crippen molar-refractivity contribution >= 4 is 22.6 Å². The number of para-hydroxylation sites is 1. The fourth-order valence-electron chi connectivity index (χ4n) is 1.58. The minimum Gasteiger partial charge on any atom is -0.485 e. The number of halogens is 1. The van der Waals surface area contributed by atoms with Crippen LogP contribution in [-0.2, 0) is 0 Å². The highest BCUT2D eigenvalue weighted by atomic mass is 127. The third kappa shape index (κ3) is 2.50.